The third-order valence-electron chi connectivity index (χ3n) is 2.59. The van der Waals surface area contributed by atoms with Crippen molar-refractivity contribution in [3.63, 3.8) is 0 Å². The first-order valence-electron chi connectivity index (χ1n) is 5.08. The van der Waals surface area contributed by atoms with Crippen LogP contribution in [0, 0.1) is 17.2 Å². The summed E-state index contributed by atoms with van der Waals surface area (Å²) in [6.45, 7) is 1.93. The summed E-state index contributed by atoms with van der Waals surface area (Å²) >= 11 is 0. The average Bonchev–Trinajstić information content (AvgIpc) is 2.51. The molecule has 0 aromatic heterocycles. The Morgan fingerprint density at radius 2 is 2.31 bits per heavy atom. The average molecular weight is 182 g/mol. The lowest BCUT2D eigenvalue weighted by atomic mass is 10.1. The van der Waals surface area contributed by atoms with E-state index >= 15 is 0 Å². The highest BCUT2D eigenvalue weighted by Crippen LogP contribution is 2.24. The van der Waals surface area contributed by atoms with Gasteiger partial charge in [-0.25, -0.2) is 0 Å². The lowest BCUT2D eigenvalue weighted by Crippen LogP contribution is -2.22. The van der Waals surface area contributed by atoms with Crippen molar-refractivity contribution in [1.82, 2.24) is 5.32 Å². The third-order valence-corrected chi connectivity index (χ3v) is 2.59. The van der Waals surface area contributed by atoms with Crippen LogP contribution in [0.2, 0.25) is 0 Å². The molecule has 0 aromatic carbocycles. The van der Waals surface area contributed by atoms with Crippen LogP contribution >= 0.6 is 0 Å². The zero-order chi connectivity index (χ0) is 9.52. The second-order valence-corrected chi connectivity index (χ2v) is 3.80. The van der Waals surface area contributed by atoms with Crippen LogP contribution in [-0.4, -0.2) is 24.3 Å². The molecule has 1 saturated carbocycles. The number of nitrogens with zero attached hydrogens (tertiary/aromatic N) is 1. The highest BCUT2D eigenvalue weighted by atomic mass is 16.3. The lowest BCUT2D eigenvalue weighted by Gasteiger charge is -2.09. The van der Waals surface area contributed by atoms with E-state index in [0.717, 1.165) is 38.8 Å². The van der Waals surface area contributed by atoms with Gasteiger partial charge in [0.15, 0.2) is 0 Å². The van der Waals surface area contributed by atoms with Crippen molar-refractivity contribution in [2.24, 2.45) is 5.92 Å². The van der Waals surface area contributed by atoms with Crippen molar-refractivity contribution >= 4 is 0 Å². The zero-order valence-electron chi connectivity index (χ0n) is 8.00. The Bertz CT molecular complexity index is 176. The SMILES string of the molecule is N#CCCCNCC1CCC(O)C1. The van der Waals surface area contributed by atoms with Crippen molar-refractivity contribution < 1.29 is 5.11 Å². The Morgan fingerprint density at radius 3 is 2.92 bits per heavy atom. The molecule has 2 N–H and O–H groups in total. The molecule has 3 heteroatoms. The number of aliphatic hydroxyl groups is 1. The van der Waals surface area contributed by atoms with Crippen LogP contribution in [0.3, 0.4) is 0 Å². The molecule has 0 aromatic rings. The van der Waals surface area contributed by atoms with Gasteiger partial charge >= 0.3 is 0 Å². The van der Waals surface area contributed by atoms with E-state index in [1.807, 2.05) is 0 Å². The van der Waals surface area contributed by atoms with E-state index in [2.05, 4.69) is 11.4 Å². The largest absolute Gasteiger partial charge is 0.393 e. The first-order valence-corrected chi connectivity index (χ1v) is 5.08. The first-order chi connectivity index (χ1) is 6.33. The molecule has 0 amide bonds. The number of hydrogen-bond acceptors (Lipinski definition) is 3. The standard InChI is InChI=1S/C10H18N2O/c11-5-1-2-6-12-8-9-3-4-10(13)7-9/h9-10,12-13H,1-4,6-8H2. The molecule has 0 aliphatic heterocycles. The minimum atomic E-state index is -0.0640. The maximum Gasteiger partial charge on any atom is 0.0622 e. The number of nitrogens with one attached hydrogen (secondary N) is 1. The summed E-state index contributed by atoms with van der Waals surface area (Å²) in [6, 6.07) is 2.12. The van der Waals surface area contributed by atoms with E-state index in [4.69, 9.17) is 5.26 Å². The molecule has 74 valence electrons. The molecule has 1 aliphatic rings. The molecule has 3 nitrogen and oxygen atoms in total. The normalized spacial score (nSPS) is 27.4. The van der Waals surface area contributed by atoms with E-state index in [1.165, 1.54) is 0 Å². The Balaban J connectivity index is 1.92. The van der Waals surface area contributed by atoms with Crippen LogP contribution in [-0.2, 0) is 0 Å². The van der Waals surface area contributed by atoms with Gasteiger partial charge in [-0.2, -0.15) is 5.26 Å². The summed E-state index contributed by atoms with van der Waals surface area (Å²) in [5, 5.41) is 20.9. The molecular formula is C10H18N2O. The fourth-order valence-corrected chi connectivity index (χ4v) is 1.83. The van der Waals surface area contributed by atoms with Crippen LogP contribution in [0.1, 0.15) is 32.1 Å². The van der Waals surface area contributed by atoms with Crippen molar-refractivity contribution in [3.8, 4) is 6.07 Å². The summed E-state index contributed by atoms with van der Waals surface area (Å²) in [7, 11) is 0. The molecule has 0 heterocycles. The molecule has 1 rings (SSSR count). The summed E-state index contributed by atoms with van der Waals surface area (Å²) in [5.74, 6) is 0.650. The van der Waals surface area contributed by atoms with E-state index in [0.29, 0.717) is 12.3 Å². The smallest absolute Gasteiger partial charge is 0.0622 e. The van der Waals surface area contributed by atoms with Gasteiger partial charge in [0, 0.05) is 6.42 Å². The fourth-order valence-electron chi connectivity index (χ4n) is 1.83. The molecule has 2 unspecified atom stereocenters. The van der Waals surface area contributed by atoms with E-state index in [9.17, 15) is 5.11 Å². The topological polar surface area (TPSA) is 56.0 Å². The fraction of sp³-hybridized carbons (Fsp3) is 0.900. The molecule has 0 spiro atoms. The van der Waals surface area contributed by atoms with E-state index in [-0.39, 0.29) is 6.10 Å². The predicted molar refractivity (Wildman–Crippen MR) is 51.1 cm³/mol. The number of rotatable bonds is 5. The minimum absolute atomic E-state index is 0.0640. The summed E-state index contributed by atoms with van der Waals surface area (Å²) < 4.78 is 0. The van der Waals surface area contributed by atoms with Crippen molar-refractivity contribution in [1.29, 1.82) is 5.26 Å². The van der Waals surface area contributed by atoms with Crippen molar-refractivity contribution in [2.75, 3.05) is 13.1 Å². The molecular weight excluding hydrogens is 164 g/mol. The Labute approximate surface area is 79.8 Å². The second kappa shape index (κ2) is 5.95. The van der Waals surface area contributed by atoms with Gasteiger partial charge in [0.25, 0.3) is 0 Å². The molecule has 13 heavy (non-hydrogen) atoms. The maximum atomic E-state index is 9.27. The minimum Gasteiger partial charge on any atom is -0.393 e. The Kier molecular flexibility index (Phi) is 4.81. The molecule has 1 fully saturated rings. The highest BCUT2D eigenvalue weighted by molar-refractivity contribution is 4.76. The van der Waals surface area contributed by atoms with Gasteiger partial charge in [0.05, 0.1) is 12.2 Å². The lowest BCUT2D eigenvalue weighted by molar-refractivity contribution is 0.177. The Morgan fingerprint density at radius 1 is 1.46 bits per heavy atom. The zero-order valence-corrected chi connectivity index (χ0v) is 8.00. The molecule has 0 bridgehead atoms. The summed E-state index contributed by atoms with van der Waals surface area (Å²) in [5.41, 5.74) is 0. The van der Waals surface area contributed by atoms with Crippen LogP contribution in [0.4, 0.5) is 0 Å². The second-order valence-electron chi connectivity index (χ2n) is 3.80. The third kappa shape index (κ3) is 4.25. The van der Waals surface area contributed by atoms with Gasteiger partial charge in [-0.05, 0) is 44.7 Å². The maximum absolute atomic E-state index is 9.27. The van der Waals surface area contributed by atoms with E-state index in [1.54, 1.807) is 0 Å². The van der Waals surface area contributed by atoms with Crippen molar-refractivity contribution in [2.45, 2.75) is 38.2 Å². The summed E-state index contributed by atoms with van der Waals surface area (Å²) in [4.78, 5) is 0. The molecule has 1 aliphatic carbocycles. The van der Waals surface area contributed by atoms with Gasteiger partial charge in [-0.1, -0.05) is 0 Å². The van der Waals surface area contributed by atoms with Gasteiger partial charge in [-0.3, -0.25) is 0 Å². The first kappa shape index (κ1) is 10.5. The van der Waals surface area contributed by atoms with Gasteiger partial charge in [-0.15, -0.1) is 0 Å². The van der Waals surface area contributed by atoms with Crippen molar-refractivity contribution in [3.05, 3.63) is 0 Å². The predicted octanol–water partition coefficient (Wildman–Crippen LogP) is 1.04. The Hall–Kier alpha value is -0.590. The number of hydrogen-bond donors (Lipinski definition) is 2. The van der Waals surface area contributed by atoms with E-state index < -0.39 is 0 Å². The van der Waals surface area contributed by atoms with Crippen LogP contribution in [0.15, 0.2) is 0 Å². The van der Waals surface area contributed by atoms with Crippen LogP contribution < -0.4 is 5.32 Å². The highest BCUT2D eigenvalue weighted by Gasteiger charge is 2.21. The van der Waals surface area contributed by atoms with Crippen LogP contribution in [0.5, 0.6) is 0 Å². The number of aliphatic hydroxyl groups excluding tert-OH is 1. The monoisotopic (exact) mass is 182 g/mol. The van der Waals surface area contributed by atoms with Gasteiger partial charge in [0.2, 0.25) is 0 Å². The van der Waals surface area contributed by atoms with Crippen LogP contribution in [0.25, 0.3) is 0 Å². The van der Waals surface area contributed by atoms with Gasteiger partial charge < -0.3 is 10.4 Å². The molecule has 0 radical (unpaired) electrons. The van der Waals surface area contributed by atoms with Gasteiger partial charge in [0.1, 0.15) is 0 Å². The quantitative estimate of drug-likeness (QED) is 0.625. The molecule has 0 saturated heterocycles. The number of unbranched alkanes of at least 4 members (excludes halogenated alkanes) is 1. The summed E-state index contributed by atoms with van der Waals surface area (Å²) in [6.07, 6.45) is 4.57. The number of nitriles is 1. The molecule has 2 atom stereocenters.